The second kappa shape index (κ2) is 23.3. The zero-order valence-corrected chi connectivity index (χ0v) is 35.7. The Kier molecular flexibility index (Phi) is 17.0. The van der Waals surface area contributed by atoms with Crippen molar-refractivity contribution in [2.24, 2.45) is 0 Å². The smallest absolute Gasteiger partial charge is 0.0622 e. The summed E-state index contributed by atoms with van der Waals surface area (Å²) in [6, 6.07) is 97.0. The summed E-state index contributed by atoms with van der Waals surface area (Å²) in [6.45, 7) is 0. The van der Waals surface area contributed by atoms with Crippen LogP contribution in [0.2, 0.25) is 0 Å². The molecule has 0 unspecified atom stereocenters. The monoisotopic (exact) mass is 849 g/mol. The minimum Gasteiger partial charge on any atom is -0.0622 e. The molecule has 0 radical (unpaired) electrons. The van der Waals surface area contributed by atoms with E-state index in [2.05, 4.69) is 273 Å². The Hall–Kier alpha value is -5.21. The van der Waals surface area contributed by atoms with E-state index >= 15 is 0 Å². The van der Waals surface area contributed by atoms with E-state index in [1.165, 1.54) is 47.7 Å². The van der Waals surface area contributed by atoms with Gasteiger partial charge in [-0.15, -0.1) is 0 Å². The largest absolute Gasteiger partial charge is 1.00 e. The first kappa shape index (κ1) is 42.4. The Morgan fingerprint density at radius 2 is 0.224 bits per heavy atom. The minimum atomic E-state index is -0.446. The summed E-state index contributed by atoms with van der Waals surface area (Å²) >= 11 is 0. The van der Waals surface area contributed by atoms with E-state index in [-0.39, 0.29) is 17.1 Å². The Balaban J connectivity index is 0.000000145. The molecule has 0 fully saturated rings. The van der Waals surface area contributed by atoms with E-state index in [0.29, 0.717) is 0 Å². The fraction of sp³-hybridized carbons (Fsp3) is 0. The molecule has 9 rings (SSSR count). The third-order valence-corrected chi connectivity index (χ3v) is 16.5. The van der Waals surface area contributed by atoms with Gasteiger partial charge in [0.05, 0.1) is 0 Å². The Labute approximate surface area is 359 Å². The molecule has 9 aromatic rings. The average Bonchev–Trinajstić information content (AvgIpc) is 3.30. The Morgan fingerprint density at radius 1 is 0.138 bits per heavy atom. The van der Waals surface area contributed by atoms with Gasteiger partial charge in [0, 0.05) is 0 Å². The molecule has 0 saturated heterocycles. The van der Waals surface area contributed by atoms with Crippen molar-refractivity contribution in [1.29, 1.82) is 0 Å². The molecule has 9 aromatic carbocycles. The zero-order valence-electron chi connectivity index (χ0n) is 32.1. The van der Waals surface area contributed by atoms with Gasteiger partial charge in [-0.2, -0.15) is 0 Å². The van der Waals surface area contributed by atoms with Crippen LogP contribution in [0.1, 0.15) is 0 Å². The van der Waals surface area contributed by atoms with Crippen molar-refractivity contribution in [2.75, 3.05) is 0 Å². The normalized spacial score (nSPS) is 10.4. The second-order valence-electron chi connectivity index (χ2n) is 13.0. The van der Waals surface area contributed by atoms with Crippen molar-refractivity contribution >= 4 is 71.5 Å². The molecule has 0 amide bonds. The van der Waals surface area contributed by atoms with Gasteiger partial charge in [-0.25, -0.2) is 0 Å². The molecule has 0 aromatic heterocycles. The number of hydrogen-bond donors (Lipinski definition) is 0. The van der Waals surface area contributed by atoms with Gasteiger partial charge >= 0.3 is 17.1 Å². The van der Waals surface area contributed by atoms with Crippen molar-refractivity contribution in [2.45, 2.75) is 0 Å². The fourth-order valence-corrected chi connectivity index (χ4v) is 13.5. The molecule has 0 aliphatic rings. The third kappa shape index (κ3) is 11.9. The van der Waals surface area contributed by atoms with E-state index in [0.717, 1.165) is 0 Å². The molecular weight excluding hydrogens is 805 g/mol. The van der Waals surface area contributed by atoms with E-state index in [1.807, 2.05) is 0 Å². The van der Waals surface area contributed by atoms with Crippen molar-refractivity contribution in [3.8, 4) is 0 Å². The predicted molar refractivity (Wildman–Crippen MR) is 255 cm³/mol. The maximum atomic E-state index is 2.23. The van der Waals surface area contributed by atoms with Crippen LogP contribution in [-0.2, 0) is 17.1 Å². The Bertz CT molecular complexity index is 1860. The summed E-state index contributed by atoms with van der Waals surface area (Å²) in [5.41, 5.74) is 0. The summed E-state index contributed by atoms with van der Waals surface area (Å²) in [5.74, 6) is 0. The average molecular weight is 850 g/mol. The third-order valence-electron chi connectivity index (χ3n) is 9.13. The van der Waals surface area contributed by atoms with Crippen LogP contribution in [0.25, 0.3) is 0 Å². The minimum absolute atomic E-state index is 0. The van der Waals surface area contributed by atoms with Crippen LogP contribution >= 0.6 is 23.8 Å². The van der Waals surface area contributed by atoms with E-state index in [9.17, 15) is 0 Å². The molecule has 0 spiro atoms. The van der Waals surface area contributed by atoms with Crippen molar-refractivity contribution in [3.05, 3.63) is 273 Å². The molecule has 0 atom stereocenters. The molecule has 0 bridgehead atoms. The van der Waals surface area contributed by atoms with Gasteiger partial charge < -0.3 is 0 Å². The topological polar surface area (TPSA) is 0 Å². The van der Waals surface area contributed by atoms with Crippen molar-refractivity contribution < 1.29 is 17.1 Å². The molecule has 0 aliphatic carbocycles. The van der Waals surface area contributed by atoms with Crippen LogP contribution in [0, 0.1) is 0 Å². The summed E-state index contributed by atoms with van der Waals surface area (Å²) < 4.78 is 0. The van der Waals surface area contributed by atoms with Gasteiger partial charge in [-0.3, -0.25) is 0 Å². The maximum absolute atomic E-state index is 2.23. The van der Waals surface area contributed by atoms with Crippen molar-refractivity contribution in [3.63, 3.8) is 0 Å². The van der Waals surface area contributed by atoms with E-state index in [1.54, 1.807) is 0 Å². The molecule has 0 saturated carbocycles. The SMILES string of the molecule is [Cu+].c1ccc(P(c2ccccc2)c2ccccc2)cc1.c1ccc(P(c2ccccc2)c2ccccc2)cc1.c1ccc(P(c2ccccc2)c2ccccc2)cc1. The second-order valence-corrected chi connectivity index (χ2v) is 19.7. The first-order chi connectivity index (χ1) is 28.3. The van der Waals surface area contributed by atoms with Gasteiger partial charge in [0.15, 0.2) is 0 Å². The number of rotatable bonds is 9. The van der Waals surface area contributed by atoms with Crippen LogP contribution in [0.3, 0.4) is 0 Å². The van der Waals surface area contributed by atoms with Gasteiger partial charge in [0.2, 0.25) is 0 Å². The summed E-state index contributed by atoms with van der Waals surface area (Å²) in [5, 5.41) is 12.6. The van der Waals surface area contributed by atoms with Gasteiger partial charge in [0.25, 0.3) is 0 Å². The molecule has 0 aliphatic heterocycles. The quantitative estimate of drug-likeness (QED) is 0.100. The Morgan fingerprint density at radius 3 is 0.310 bits per heavy atom. The molecule has 0 N–H and O–H groups in total. The van der Waals surface area contributed by atoms with Crippen LogP contribution in [0.4, 0.5) is 0 Å². The van der Waals surface area contributed by atoms with Crippen LogP contribution < -0.4 is 47.7 Å². The molecule has 4 heteroatoms. The van der Waals surface area contributed by atoms with Crippen LogP contribution in [-0.4, -0.2) is 0 Å². The zero-order chi connectivity index (χ0) is 38.7. The molecule has 286 valence electrons. The van der Waals surface area contributed by atoms with Crippen LogP contribution in [0.15, 0.2) is 273 Å². The van der Waals surface area contributed by atoms with E-state index < -0.39 is 23.8 Å². The first-order valence-electron chi connectivity index (χ1n) is 19.2. The number of benzene rings is 9. The van der Waals surface area contributed by atoms with Gasteiger partial charge in [-0.1, -0.05) is 273 Å². The summed E-state index contributed by atoms with van der Waals surface area (Å²) in [4.78, 5) is 0. The van der Waals surface area contributed by atoms with Gasteiger partial charge in [-0.05, 0) is 71.5 Å². The van der Waals surface area contributed by atoms with Gasteiger partial charge in [0.1, 0.15) is 0 Å². The summed E-state index contributed by atoms with van der Waals surface area (Å²) in [7, 11) is -1.34. The predicted octanol–water partition coefficient (Wildman–Crippen LogP) is 10.3. The van der Waals surface area contributed by atoms with Crippen LogP contribution in [0.5, 0.6) is 0 Å². The molecule has 0 nitrogen and oxygen atoms in total. The molecule has 0 heterocycles. The van der Waals surface area contributed by atoms with E-state index in [4.69, 9.17) is 0 Å². The summed E-state index contributed by atoms with van der Waals surface area (Å²) in [6.07, 6.45) is 0. The standard InChI is InChI=1S/3C18H15P.Cu/c3*1-4-10-16(11-5-1)19(17-12-6-2-7-13-17)18-14-8-3-9-15-18;/h3*1-15H;/q;;;+1. The molecule has 58 heavy (non-hydrogen) atoms. The van der Waals surface area contributed by atoms with Crippen molar-refractivity contribution in [1.82, 2.24) is 0 Å². The molecular formula is C54H45CuP3+. The maximum Gasteiger partial charge on any atom is 1.00 e. The fourth-order valence-electron chi connectivity index (χ4n) is 6.54. The first-order valence-corrected chi connectivity index (χ1v) is 23.2. The number of hydrogen-bond acceptors (Lipinski definition) is 0.